The summed E-state index contributed by atoms with van der Waals surface area (Å²) in [4.78, 5) is 1.25. The van der Waals surface area contributed by atoms with Gasteiger partial charge in [-0.25, -0.2) is 4.39 Å². The van der Waals surface area contributed by atoms with E-state index in [4.69, 9.17) is 5.73 Å². The minimum absolute atomic E-state index is 0.230. The van der Waals surface area contributed by atoms with Crippen LogP contribution >= 0.6 is 11.3 Å². The van der Waals surface area contributed by atoms with Crippen molar-refractivity contribution >= 4 is 11.3 Å². The molecule has 0 spiro atoms. The highest BCUT2D eigenvalue weighted by Gasteiger charge is 2.06. The zero-order valence-electron chi connectivity index (χ0n) is 8.46. The van der Waals surface area contributed by atoms with Crippen LogP contribution in [0.15, 0.2) is 29.6 Å². The summed E-state index contributed by atoms with van der Waals surface area (Å²) in [6.07, 6.45) is 0. The second-order valence-electron chi connectivity index (χ2n) is 3.45. The lowest BCUT2D eigenvalue weighted by Gasteiger charge is -2.05. The first-order valence-electron chi connectivity index (χ1n) is 4.74. The Morgan fingerprint density at radius 1 is 1.33 bits per heavy atom. The van der Waals surface area contributed by atoms with Crippen molar-refractivity contribution in [1.82, 2.24) is 0 Å². The van der Waals surface area contributed by atoms with Crippen molar-refractivity contribution in [2.75, 3.05) is 0 Å². The first-order valence-corrected chi connectivity index (χ1v) is 5.62. The predicted octanol–water partition coefficient (Wildman–Crippen LogP) is 3.32. The second-order valence-corrected chi connectivity index (χ2v) is 4.57. The number of aryl methyl sites for hydroxylation is 1. The molecule has 0 radical (unpaired) electrons. The molecule has 0 aliphatic rings. The minimum atomic E-state index is -0.230. The Bertz CT molecular complexity index is 476. The molecule has 78 valence electrons. The Labute approximate surface area is 92.4 Å². The smallest absolute Gasteiger partial charge is 0.123 e. The van der Waals surface area contributed by atoms with E-state index in [2.05, 4.69) is 18.4 Å². The average Bonchev–Trinajstić information content (AvgIpc) is 2.64. The van der Waals surface area contributed by atoms with Crippen molar-refractivity contribution in [3.63, 3.8) is 0 Å². The third kappa shape index (κ3) is 2.08. The average molecular weight is 221 g/mol. The van der Waals surface area contributed by atoms with Gasteiger partial charge >= 0.3 is 0 Å². The maximum absolute atomic E-state index is 13.0. The normalized spacial score (nSPS) is 10.6. The number of hydrogen-bond donors (Lipinski definition) is 1. The number of thiophene rings is 1. The summed E-state index contributed by atoms with van der Waals surface area (Å²) in [5.41, 5.74) is 8.61. The minimum Gasteiger partial charge on any atom is -0.326 e. The molecule has 2 aromatic rings. The number of halogens is 1. The van der Waals surface area contributed by atoms with E-state index < -0.39 is 0 Å². The molecule has 3 heteroatoms. The maximum Gasteiger partial charge on any atom is 0.123 e. The Hall–Kier alpha value is -1.19. The largest absolute Gasteiger partial charge is 0.326 e. The van der Waals surface area contributed by atoms with Gasteiger partial charge in [0.15, 0.2) is 0 Å². The van der Waals surface area contributed by atoms with Crippen LogP contribution in [0.3, 0.4) is 0 Å². The zero-order chi connectivity index (χ0) is 10.8. The summed E-state index contributed by atoms with van der Waals surface area (Å²) in [5, 5.41) is 2.07. The van der Waals surface area contributed by atoms with Gasteiger partial charge in [0, 0.05) is 11.4 Å². The third-order valence-corrected chi connectivity index (χ3v) is 3.19. The Morgan fingerprint density at radius 3 is 2.73 bits per heavy atom. The van der Waals surface area contributed by atoms with Crippen molar-refractivity contribution in [2.45, 2.75) is 13.5 Å². The van der Waals surface area contributed by atoms with Crippen molar-refractivity contribution in [3.05, 3.63) is 45.9 Å². The summed E-state index contributed by atoms with van der Waals surface area (Å²) < 4.78 is 13.0. The molecular weight excluding hydrogens is 209 g/mol. The lowest BCUT2D eigenvalue weighted by atomic mass is 10.0. The van der Waals surface area contributed by atoms with Gasteiger partial charge in [-0.05, 0) is 47.2 Å². The molecule has 0 amide bonds. The van der Waals surface area contributed by atoms with Crippen LogP contribution in [0.2, 0.25) is 0 Å². The highest BCUT2D eigenvalue weighted by molar-refractivity contribution is 7.10. The quantitative estimate of drug-likeness (QED) is 0.827. The van der Waals surface area contributed by atoms with Crippen LogP contribution in [0.25, 0.3) is 11.1 Å². The molecule has 2 N–H and O–H groups in total. The first-order chi connectivity index (χ1) is 7.20. The number of nitrogens with two attached hydrogens (primary N) is 1. The molecule has 0 unspecified atom stereocenters. The molecule has 0 bridgehead atoms. The Balaban J connectivity index is 2.52. The van der Waals surface area contributed by atoms with E-state index >= 15 is 0 Å². The van der Waals surface area contributed by atoms with E-state index in [0.717, 1.165) is 16.7 Å². The molecule has 0 aliphatic heterocycles. The third-order valence-electron chi connectivity index (χ3n) is 2.33. The fourth-order valence-electron chi connectivity index (χ4n) is 1.60. The number of benzene rings is 1. The second kappa shape index (κ2) is 4.13. The SMILES string of the molecule is Cc1cc(-c2ccc(F)cc2CN)cs1. The summed E-state index contributed by atoms with van der Waals surface area (Å²) in [6.45, 7) is 2.42. The molecule has 2 rings (SSSR count). The summed E-state index contributed by atoms with van der Waals surface area (Å²) >= 11 is 1.69. The van der Waals surface area contributed by atoms with E-state index in [1.165, 1.54) is 17.0 Å². The van der Waals surface area contributed by atoms with Crippen molar-refractivity contribution < 1.29 is 4.39 Å². The number of hydrogen-bond acceptors (Lipinski definition) is 2. The highest BCUT2D eigenvalue weighted by atomic mass is 32.1. The number of rotatable bonds is 2. The lowest BCUT2D eigenvalue weighted by Crippen LogP contribution is -1.99. The molecule has 0 atom stereocenters. The topological polar surface area (TPSA) is 26.0 Å². The van der Waals surface area contributed by atoms with Gasteiger partial charge in [0.2, 0.25) is 0 Å². The molecule has 1 aromatic heterocycles. The van der Waals surface area contributed by atoms with E-state index in [1.54, 1.807) is 17.4 Å². The summed E-state index contributed by atoms with van der Waals surface area (Å²) in [5.74, 6) is -0.230. The van der Waals surface area contributed by atoms with Crippen LogP contribution in [-0.2, 0) is 6.54 Å². The summed E-state index contributed by atoms with van der Waals surface area (Å²) in [6, 6.07) is 6.86. The first kappa shape index (κ1) is 10.3. The van der Waals surface area contributed by atoms with E-state index in [9.17, 15) is 4.39 Å². The van der Waals surface area contributed by atoms with Crippen molar-refractivity contribution in [1.29, 1.82) is 0 Å². The van der Waals surface area contributed by atoms with Crippen LogP contribution in [0.1, 0.15) is 10.4 Å². The van der Waals surface area contributed by atoms with Gasteiger partial charge < -0.3 is 5.73 Å². The Morgan fingerprint density at radius 2 is 2.13 bits per heavy atom. The Kier molecular flexibility index (Phi) is 2.84. The van der Waals surface area contributed by atoms with Crippen LogP contribution in [0.5, 0.6) is 0 Å². The van der Waals surface area contributed by atoms with Crippen LogP contribution in [0.4, 0.5) is 4.39 Å². The van der Waals surface area contributed by atoms with Gasteiger partial charge in [-0.1, -0.05) is 6.07 Å². The molecule has 1 aromatic carbocycles. The predicted molar refractivity (Wildman–Crippen MR) is 62.3 cm³/mol. The van der Waals surface area contributed by atoms with Gasteiger partial charge in [-0.3, -0.25) is 0 Å². The van der Waals surface area contributed by atoms with Gasteiger partial charge in [-0.15, -0.1) is 11.3 Å². The van der Waals surface area contributed by atoms with Crippen LogP contribution in [0, 0.1) is 12.7 Å². The van der Waals surface area contributed by atoms with Gasteiger partial charge in [0.25, 0.3) is 0 Å². The van der Waals surface area contributed by atoms with E-state index in [-0.39, 0.29) is 5.82 Å². The molecule has 0 saturated heterocycles. The van der Waals surface area contributed by atoms with Crippen LogP contribution < -0.4 is 5.73 Å². The monoisotopic (exact) mass is 221 g/mol. The standard InChI is InChI=1S/C12H12FNS/c1-8-4-10(7-15-8)12-3-2-11(13)5-9(12)6-14/h2-5,7H,6,14H2,1H3. The van der Waals surface area contributed by atoms with Crippen molar-refractivity contribution in [2.24, 2.45) is 5.73 Å². The van der Waals surface area contributed by atoms with E-state index in [0.29, 0.717) is 6.54 Å². The lowest BCUT2D eigenvalue weighted by molar-refractivity contribution is 0.625. The maximum atomic E-state index is 13.0. The van der Waals surface area contributed by atoms with E-state index in [1.807, 2.05) is 0 Å². The fourth-order valence-corrected chi connectivity index (χ4v) is 2.30. The molecule has 0 aliphatic carbocycles. The van der Waals surface area contributed by atoms with Gasteiger partial charge in [0.1, 0.15) is 5.82 Å². The van der Waals surface area contributed by atoms with Gasteiger partial charge in [-0.2, -0.15) is 0 Å². The fraction of sp³-hybridized carbons (Fsp3) is 0.167. The molecule has 0 saturated carbocycles. The molecule has 1 heterocycles. The zero-order valence-corrected chi connectivity index (χ0v) is 9.27. The molecule has 1 nitrogen and oxygen atoms in total. The van der Waals surface area contributed by atoms with Gasteiger partial charge in [0.05, 0.1) is 0 Å². The summed E-state index contributed by atoms with van der Waals surface area (Å²) in [7, 11) is 0. The highest BCUT2D eigenvalue weighted by Crippen LogP contribution is 2.28. The molecule has 0 fully saturated rings. The van der Waals surface area contributed by atoms with Crippen molar-refractivity contribution in [3.8, 4) is 11.1 Å². The molecule has 15 heavy (non-hydrogen) atoms. The molecular formula is C12H12FNS. The van der Waals surface area contributed by atoms with Crippen LogP contribution in [-0.4, -0.2) is 0 Å².